The molecule has 1 aromatic heterocycles. The van der Waals surface area contributed by atoms with Crippen molar-refractivity contribution in [3.8, 4) is 5.69 Å². The molecule has 6 heteroatoms. The molecule has 4 nitrogen and oxygen atoms in total. The number of carbonyl (C=O) groups is 1. The van der Waals surface area contributed by atoms with Gasteiger partial charge in [-0.15, -0.1) is 0 Å². The summed E-state index contributed by atoms with van der Waals surface area (Å²) in [4.78, 5) is 18.2. The second kappa shape index (κ2) is 4.76. The predicted molar refractivity (Wildman–Crippen MR) is 74.2 cm³/mol. The molecule has 0 N–H and O–H groups in total. The first-order chi connectivity index (χ1) is 9.61. The van der Waals surface area contributed by atoms with Gasteiger partial charge in [0.15, 0.2) is 0 Å². The summed E-state index contributed by atoms with van der Waals surface area (Å²) < 4.78 is 15.1. The summed E-state index contributed by atoms with van der Waals surface area (Å²) in [7, 11) is 1.67. The molecule has 0 radical (unpaired) electrons. The molecule has 1 aliphatic rings. The fourth-order valence-corrected chi connectivity index (χ4v) is 2.48. The minimum atomic E-state index is -0.325. The molecule has 0 unspecified atom stereocenters. The largest absolute Gasteiger partial charge is 0.336 e. The van der Waals surface area contributed by atoms with Crippen molar-refractivity contribution in [2.75, 3.05) is 7.05 Å². The first-order valence-electron chi connectivity index (χ1n) is 6.00. The van der Waals surface area contributed by atoms with Crippen molar-refractivity contribution in [2.45, 2.75) is 6.54 Å². The van der Waals surface area contributed by atoms with E-state index >= 15 is 0 Å². The Morgan fingerprint density at radius 1 is 1.45 bits per heavy atom. The standard InChI is InChI=1S/C14H11ClFN3O/c1-18-7-9-6-10(16)2-3-12(9)19-8-17-11(4-5-15)13(19)14(18)20/h2-6,8H,7H2,1H3/b5-4-. The van der Waals surface area contributed by atoms with Gasteiger partial charge in [0, 0.05) is 19.1 Å². The van der Waals surface area contributed by atoms with Crippen LogP contribution in [0, 0.1) is 5.82 Å². The third-order valence-electron chi connectivity index (χ3n) is 3.27. The number of hydrogen-bond donors (Lipinski definition) is 0. The van der Waals surface area contributed by atoms with Crippen LogP contribution >= 0.6 is 11.6 Å². The Morgan fingerprint density at radius 2 is 2.25 bits per heavy atom. The van der Waals surface area contributed by atoms with Crippen LogP contribution in [0.2, 0.25) is 0 Å². The molecule has 1 amide bonds. The molecule has 0 fully saturated rings. The van der Waals surface area contributed by atoms with Crippen LogP contribution in [0.1, 0.15) is 21.7 Å². The van der Waals surface area contributed by atoms with Gasteiger partial charge >= 0.3 is 0 Å². The number of imidazole rings is 1. The van der Waals surface area contributed by atoms with Gasteiger partial charge in [0.2, 0.25) is 0 Å². The number of benzene rings is 1. The minimum absolute atomic E-state index is 0.177. The Bertz CT molecular complexity index is 723. The smallest absolute Gasteiger partial charge is 0.273 e. The van der Waals surface area contributed by atoms with Crippen molar-refractivity contribution >= 4 is 23.6 Å². The number of amides is 1. The quantitative estimate of drug-likeness (QED) is 0.810. The lowest BCUT2D eigenvalue weighted by atomic mass is 10.1. The number of hydrogen-bond acceptors (Lipinski definition) is 2. The Morgan fingerprint density at radius 3 is 3.00 bits per heavy atom. The summed E-state index contributed by atoms with van der Waals surface area (Å²) in [6.07, 6.45) is 3.11. The third-order valence-corrected chi connectivity index (χ3v) is 3.40. The van der Waals surface area contributed by atoms with Crippen molar-refractivity contribution in [1.29, 1.82) is 0 Å². The lowest BCUT2D eigenvalue weighted by Gasteiger charge is -2.14. The Labute approximate surface area is 120 Å². The molecule has 0 spiro atoms. The summed E-state index contributed by atoms with van der Waals surface area (Å²) in [5.74, 6) is -0.502. The average Bonchev–Trinajstić information content (AvgIpc) is 2.78. The Kier molecular flexibility index (Phi) is 3.06. The fraction of sp³-hybridized carbons (Fsp3) is 0.143. The normalized spacial score (nSPS) is 14.3. The highest BCUT2D eigenvalue weighted by atomic mass is 35.5. The summed E-state index contributed by atoms with van der Waals surface area (Å²) in [6, 6.07) is 4.46. The zero-order valence-electron chi connectivity index (χ0n) is 10.7. The molecule has 0 bridgehead atoms. The molecule has 0 atom stereocenters. The highest BCUT2D eigenvalue weighted by Crippen LogP contribution is 2.26. The molecule has 0 saturated heterocycles. The number of fused-ring (bicyclic) bond motifs is 3. The third kappa shape index (κ3) is 1.91. The van der Waals surface area contributed by atoms with E-state index in [0.29, 0.717) is 17.9 Å². The first-order valence-corrected chi connectivity index (χ1v) is 6.44. The van der Waals surface area contributed by atoms with Gasteiger partial charge in [0.1, 0.15) is 17.8 Å². The van der Waals surface area contributed by atoms with Crippen molar-refractivity contribution in [3.63, 3.8) is 0 Å². The van der Waals surface area contributed by atoms with Gasteiger partial charge in [-0.3, -0.25) is 9.36 Å². The van der Waals surface area contributed by atoms with E-state index < -0.39 is 0 Å². The zero-order chi connectivity index (χ0) is 14.3. The number of nitrogens with zero attached hydrogens (tertiary/aromatic N) is 3. The monoisotopic (exact) mass is 291 g/mol. The molecular formula is C14H11ClFN3O. The van der Waals surface area contributed by atoms with E-state index in [1.54, 1.807) is 30.1 Å². The second-order valence-electron chi connectivity index (χ2n) is 4.58. The maximum atomic E-state index is 13.4. The van der Waals surface area contributed by atoms with Crippen molar-refractivity contribution in [2.24, 2.45) is 0 Å². The zero-order valence-corrected chi connectivity index (χ0v) is 11.4. The van der Waals surface area contributed by atoms with E-state index in [1.165, 1.54) is 22.6 Å². The Hall–Kier alpha value is -2.14. The van der Waals surface area contributed by atoms with Crippen LogP contribution in [0.5, 0.6) is 0 Å². The summed E-state index contributed by atoms with van der Waals surface area (Å²) in [6.45, 7) is 0.345. The molecule has 0 saturated carbocycles. The van der Waals surface area contributed by atoms with Crippen LogP contribution in [0.15, 0.2) is 30.1 Å². The number of carbonyl (C=O) groups excluding carboxylic acids is 1. The van der Waals surface area contributed by atoms with Crippen LogP contribution in [-0.2, 0) is 6.54 Å². The number of rotatable bonds is 1. The maximum absolute atomic E-state index is 13.4. The second-order valence-corrected chi connectivity index (χ2v) is 4.83. The SMILES string of the molecule is CN1Cc2cc(F)ccc2-n2cnc(/C=C\Cl)c2C1=O. The van der Waals surface area contributed by atoms with E-state index in [4.69, 9.17) is 11.6 Å². The highest BCUT2D eigenvalue weighted by molar-refractivity contribution is 6.27. The summed E-state index contributed by atoms with van der Waals surface area (Å²) >= 11 is 5.58. The lowest BCUT2D eigenvalue weighted by molar-refractivity contribution is 0.0782. The van der Waals surface area contributed by atoms with E-state index in [-0.39, 0.29) is 11.7 Å². The summed E-state index contributed by atoms with van der Waals surface area (Å²) in [5, 5.41) is 0. The van der Waals surface area contributed by atoms with Crippen LogP contribution in [0.3, 0.4) is 0 Å². The van der Waals surface area contributed by atoms with Crippen molar-refractivity contribution < 1.29 is 9.18 Å². The molecule has 2 aromatic rings. The van der Waals surface area contributed by atoms with E-state index in [1.807, 2.05) is 0 Å². The van der Waals surface area contributed by atoms with Crippen LogP contribution in [-0.4, -0.2) is 27.4 Å². The van der Waals surface area contributed by atoms with Gasteiger partial charge in [-0.2, -0.15) is 0 Å². The molecule has 20 heavy (non-hydrogen) atoms. The van der Waals surface area contributed by atoms with E-state index in [9.17, 15) is 9.18 Å². The predicted octanol–water partition coefficient (Wildman–Crippen LogP) is 2.81. The molecule has 1 aliphatic heterocycles. The topological polar surface area (TPSA) is 38.1 Å². The molecular weight excluding hydrogens is 281 g/mol. The van der Waals surface area contributed by atoms with E-state index in [0.717, 1.165) is 11.3 Å². The van der Waals surface area contributed by atoms with Gasteiger partial charge in [-0.25, -0.2) is 9.37 Å². The minimum Gasteiger partial charge on any atom is -0.336 e. The van der Waals surface area contributed by atoms with Gasteiger partial charge in [0.25, 0.3) is 5.91 Å². The van der Waals surface area contributed by atoms with E-state index in [2.05, 4.69) is 4.98 Å². The first kappa shape index (κ1) is 12.9. The van der Waals surface area contributed by atoms with Gasteiger partial charge in [-0.1, -0.05) is 11.6 Å². The van der Waals surface area contributed by atoms with Crippen molar-refractivity contribution in [3.05, 3.63) is 52.8 Å². The molecule has 102 valence electrons. The number of aromatic nitrogens is 2. The van der Waals surface area contributed by atoms with Gasteiger partial charge in [-0.05, 0) is 29.8 Å². The van der Waals surface area contributed by atoms with Crippen LogP contribution in [0.4, 0.5) is 4.39 Å². The van der Waals surface area contributed by atoms with Crippen LogP contribution < -0.4 is 0 Å². The van der Waals surface area contributed by atoms with Crippen LogP contribution in [0.25, 0.3) is 11.8 Å². The molecule has 3 rings (SSSR count). The number of halogens is 2. The fourth-order valence-electron chi connectivity index (χ4n) is 2.36. The average molecular weight is 292 g/mol. The molecule has 0 aliphatic carbocycles. The maximum Gasteiger partial charge on any atom is 0.273 e. The molecule has 1 aromatic carbocycles. The van der Waals surface area contributed by atoms with Crippen molar-refractivity contribution in [1.82, 2.24) is 14.5 Å². The lowest BCUT2D eigenvalue weighted by Crippen LogP contribution is -2.26. The van der Waals surface area contributed by atoms with Gasteiger partial charge in [0.05, 0.1) is 11.4 Å². The van der Waals surface area contributed by atoms with Gasteiger partial charge < -0.3 is 4.90 Å². The molecule has 2 heterocycles. The Balaban J connectivity index is 2.29. The summed E-state index contributed by atoms with van der Waals surface area (Å²) in [5.41, 5.74) is 3.72. The highest BCUT2D eigenvalue weighted by Gasteiger charge is 2.26.